The fourth-order valence-electron chi connectivity index (χ4n) is 3.48. The maximum atomic E-state index is 5.90. The van der Waals surface area contributed by atoms with Gasteiger partial charge in [-0.15, -0.1) is 0 Å². The zero-order valence-corrected chi connectivity index (χ0v) is 26.7. The van der Waals surface area contributed by atoms with E-state index in [1.54, 1.807) is 0 Å². The van der Waals surface area contributed by atoms with Crippen LogP contribution in [0.4, 0.5) is 0 Å². The van der Waals surface area contributed by atoms with Gasteiger partial charge in [0.1, 0.15) is 0 Å². The first-order valence-corrected chi connectivity index (χ1v) is 12.9. The third-order valence-electron chi connectivity index (χ3n) is 5.19. The summed E-state index contributed by atoms with van der Waals surface area (Å²) in [5.74, 6) is 2.85. The summed E-state index contributed by atoms with van der Waals surface area (Å²) >= 11 is 35.4. The Kier molecular flexibility index (Phi) is 15.4. The van der Waals surface area contributed by atoms with Crippen LogP contribution in [-0.4, -0.2) is 24.4 Å². The van der Waals surface area contributed by atoms with Crippen LogP contribution in [0, 0.1) is 17.8 Å². The molecule has 6 aliphatic rings. The van der Waals surface area contributed by atoms with E-state index in [1.807, 2.05) is 91.1 Å². The minimum atomic E-state index is 0. The van der Waals surface area contributed by atoms with Crippen LogP contribution in [0.3, 0.4) is 0 Å². The first-order chi connectivity index (χ1) is 17.4. The van der Waals surface area contributed by atoms with Crippen molar-refractivity contribution in [1.82, 2.24) is 0 Å². The minimum Gasteiger partial charge on any atom is -1.00 e. The van der Waals surface area contributed by atoms with Crippen LogP contribution in [0.1, 0.15) is 0 Å². The molecule has 198 valence electrons. The van der Waals surface area contributed by atoms with Gasteiger partial charge in [-0.2, -0.15) is 0 Å². The third-order valence-corrected chi connectivity index (χ3v) is 6.98. The zero-order valence-electron chi connectivity index (χ0n) is 19.6. The summed E-state index contributed by atoms with van der Waals surface area (Å²) in [5.41, 5.74) is 11.4. The topological polar surface area (TPSA) is 0 Å². The van der Waals surface area contributed by atoms with Crippen LogP contribution in [0.15, 0.2) is 155 Å². The van der Waals surface area contributed by atoms with E-state index < -0.39 is 0 Å². The van der Waals surface area contributed by atoms with Crippen molar-refractivity contribution in [2.24, 2.45) is 0 Å². The Labute approximate surface area is 274 Å². The van der Waals surface area contributed by atoms with Crippen molar-refractivity contribution in [1.29, 1.82) is 0 Å². The molecule has 6 radical (unpaired) electrons. The molecule has 0 saturated heterocycles. The molecule has 9 heteroatoms. The number of allylic oxidation sites excluding steroid dienone is 21. The van der Waals surface area contributed by atoms with Gasteiger partial charge in [-0.25, -0.2) is 0 Å². The number of fused-ring (bicyclic) bond motifs is 3. The van der Waals surface area contributed by atoms with Gasteiger partial charge >= 0.3 is 0 Å². The third kappa shape index (κ3) is 8.81. The van der Waals surface area contributed by atoms with E-state index in [0.29, 0.717) is 30.2 Å². The van der Waals surface area contributed by atoms with Gasteiger partial charge in [0, 0.05) is 24.4 Å². The standard InChI is InChI=1S/3C10H5Cl2.2FH.Sb/c3*11-9-6-10(12)8-5-3-1-2-4-7(8)9;;;/h3*1-5H;2*1H;/p-2. The molecule has 0 aromatic heterocycles. The summed E-state index contributed by atoms with van der Waals surface area (Å²) in [6.45, 7) is 0. The fourth-order valence-corrected chi connectivity index (χ4v) is 5.18. The van der Waals surface area contributed by atoms with Crippen molar-refractivity contribution in [3.8, 4) is 0 Å². The summed E-state index contributed by atoms with van der Waals surface area (Å²) in [6.07, 6.45) is 29.0. The van der Waals surface area contributed by atoms with Crippen LogP contribution in [0.2, 0.25) is 0 Å². The van der Waals surface area contributed by atoms with Crippen LogP contribution in [0.25, 0.3) is 0 Å². The van der Waals surface area contributed by atoms with E-state index in [0.717, 1.165) is 34.5 Å². The summed E-state index contributed by atoms with van der Waals surface area (Å²) in [7, 11) is 0. The van der Waals surface area contributed by atoms with Gasteiger partial charge in [0.05, 0.1) is 47.9 Å². The zero-order chi connectivity index (χ0) is 25.7. The predicted molar refractivity (Wildman–Crippen MR) is 161 cm³/mol. The van der Waals surface area contributed by atoms with Crippen LogP contribution in [0.5, 0.6) is 0 Å². The Bertz CT molecular complexity index is 1280. The molecule has 0 saturated carbocycles. The average molecular weight is 748 g/mol. The van der Waals surface area contributed by atoms with Gasteiger partial charge in [0.15, 0.2) is 0 Å². The molecule has 0 N–H and O–H groups in total. The van der Waals surface area contributed by atoms with Gasteiger partial charge in [-0.05, 0) is 16.7 Å². The SMILES string of the molecule is ClC1=C=C(Cl)C2=CC=CC=C[C]12.ClC1=C=C(Cl)C2=CC=CC=C[C]12.ClC1=C=C(Cl)C2=CC=CC=C[C]12.[F-].[F-].[Sb]. The van der Waals surface area contributed by atoms with Crippen LogP contribution < -0.4 is 9.41 Å². The fraction of sp³-hybridized carbons (Fsp3) is 0. The molecular weight excluding hydrogens is 733 g/mol. The largest absolute Gasteiger partial charge is 1.00 e. The summed E-state index contributed by atoms with van der Waals surface area (Å²) in [6, 6.07) is 0. The predicted octanol–water partition coefficient (Wildman–Crippen LogP) is 4.04. The molecule has 6 aliphatic carbocycles. The molecular formula is C30H15Cl6F2Sb-2. The Hall–Kier alpha value is -1.36. The van der Waals surface area contributed by atoms with E-state index in [1.165, 1.54) is 0 Å². The molecule has 0 aliphatic heterocycles. The number of hydrogen-bond acceptors (Lipinski definition) is 0. The van der Waals surface area contributed by atoms with Crippen molar-refractivity contribution in [3.63, 3.8) is 0 Å². The van der Waals surface area contributed by atoms with E-state index in [-0.39, 0.29) is 33.8 Å². The monoisotopic (exact) mass is 744 g/mol. The van der Waals surface area contributed by atoms with Crippen molar-refractivity contribution >= 4 is 94.0 Å². The molecule has 0 unspecified atom stereocenters. The maximum Gasteiger partial charge on any atom is 0.0882 e. The molecule has 0 amide bonds. The van der Waals surface area contributed by atoms with Gasteiger partial charge in [-0.1, -0.05) is 178 Å². The number of halogens is 8. The van der Waals surface area contributed by atoms with Crippen molar-refractivity contribution in [2.45, 2.75) is 0 Å². The van der Waals surface area contributed by atoms with E-state index in [9.17, 15) is 0 Å². The van der Waals surface area contributed by atoms with Gasteiger partial charge in [-0.3, -0.25) is 0 Å². The molecule has 0 bridgehead atoms. The maximum absolute atomic E-state index is 5.90. The van der Waals surface area contributed by atoms with Crippen molar-refractivity contribution < 1.29 is 9.41 Å². The number of rotatable bonds is 0. The van der Waals surface area contributed by atoms with E-state index in [2.05, 4.69) is 17.2 Å². The summed E-state index contributed by atoms with van der Waals surface area (Å²) in [4.78, 5) is 0. The van der Waals surface area contributed by atoms with Crippen LogP contribution >= 0.6 is 69.6 Å². The Morgan fingerprint density at radius 3 is 0.872 bits per heavy atom. The van der Waals surface area contributed by atoms with Crippen molar-refractivity contribution in [2.75, 3.05) is 0 Å². The van der Waals surface area contributed by atoms with Gasteiger partial charge in [0.25, 0.3) is 0 Å². The second-order valence-electron chi connectivity index (χ2n) is 7.47. The molecule has 0 spiro atoms. The molecule has 0 nitrogen and oxygen atoms in total. The quantitative estimate of drug-likeness (QED) is 0.260. The van der Waals surface area contributed by atoms with Crippen molar-refractivity contribution in [3.05, 3.63) is 173 Å². The molecule has 6 rings (SSSR count). The summed E-state index contributed by atoms with van der Waals surface area (Å²) in [5, 5.41) is 3.53. The summed E-state index contributed by atoms with van der Waals surface area (Å²) < 4.78 is 0. The normalized spacial score (nSPS) is 19.7. The molecule has 39 heavy (non-hydrogen) atoms. The Balaban J connectivity index is 0.000000282. The van der Waals surface area contributed by atoms with Gasteiger partial charge < -0.3 is 9.41 Å². The molecule has 0 aromatic rings. The van der Waals surface area contributed by atoms with E-state index in [4.69, 9.17) is 69.6 Å². The average Bonchev–Trinajstić information content (AvgIpc) is 3.20. The molecule has 0 heterocycles. The van der Waals surface area contributed by atoms with Crippen LogP contribution in [-0.2, 0) is 0 Å². The van der Waals surface area contributed by atoms with Gasteiger partial charge in [0.2, 0.25) is 0 Å². The molecule has 0 atom stereocenters. The molecule has 0 fully saturated rings. The number of hydrogen-bond donors (Lipinski definition) is 0. The smallest absolute Gasteiger partial charge is 0.0882 e. The second kappa shape index (κ2) is 16.8. The Morgan fingerprint density at radius 1 is 0.359 bits per heavy atom. The first kappa shape index (κ1) is 35.7. The Morgan fingerprint density at radius 2 is 0.615 bits per heavy atom. The van der Waals surface area contributed by atoms with E-state index >= 15 is 0 Å². The first-order valence-electron chi connectivity index (χ1n) is 10.6. The second-order valence-corrected chi connectivity index (χ2v) is 9.74. The minimum absolute atomic E-state index is 0. The molecule has 0 aromatic carbocycles.